The summed E-state index contributed by atoms with van der Waals surface area (Å²) in [7, 11) is 4.93. The first-order chi connectivity index (χ1) is 13.4. The molecule has 2 unspecified atom stereocenters. The third-order valence-electron chi connectivity index (χ3n) is 5.31. The van der Waals surface area contributed by atoms with E-state index in [1.807, 2.05) is 30.5 Å². The highest BCUT2D eigenvalue weighted by Crippen LogP contribution is 2.29. The van der Waals surface area contributed by atoms with Gasteiger partial charge in [-0.1, -0.05) is 17.7 Å². The lowest BCUT2D eigenvalue weighted by Crippen LogP contribution is -2.32. The van der Waals surface area contributed by atoms with Crippen molar-refractivity contribution in [2.24, 2.45) is 7.05 Å². The summed E-state index contributed by atoms with van der Waals surface area (Å²) < 4.78 is 18.2. The van der Waals surface area contributed by atoms with Gasteiger partial charge in [0.25, 0.3) is 0 Å². The Kier molecular flexibility index (Phi) is 5.10. The van der Waals surface area contributed by atoms with Crippen molar-refractivity contribution >= 4 is 32.8 Å². The molecule has 2 atom stereocenters. The molecule has 2 heterocycles. The van der Waals surface area contributed by atoms with E-state index in [4.69, 9.17) is 0 Å². The minimum atomic E-state index is -1.27. The summed E-state index contributed by atoms with van der Waals surface area (Å²) in [6, 6.07) is 14.5. The van der Waals surface area contributed by atoms with Crippen molar-refractivity contribution in [2.45, 2.75) is 17.9 Å². The summed E-state index contributed by atoms with van der Waals surface area (Å²) in [5.74, 6) is 0. The normalized spacial score (nSPS) is 14.2. The Hall–Kier alpha value is -2.41. The van der Waals surface area contributed by atoms with Gasteiger partial charge in [0.05, 0.1) is 4.90 Å². The fourth-order valence-corrected chi connectivity index (χ4v) is 4.65. The number of rotatable bonds is 6. The number of nitrogens with zero attached hydrogens (tertiary/aromatic N) is 2. The second-order valence-corrected chi connectivity index (χ2v) is 8.84. The summed E-state index contributed by atoms with van der Waals surface area (Å²) in [4.78, 5) is 6.13. The fraction of sp³-hybridized carbons (Fsp3) is 0.273. The van der Waals surface area contributed by atoms with Crippen LogP contribution in [0.2, 0.25) is 0 Å². The molecule has 0 spiro atoms. The van der Waals surface area contributed by atoms with E-state index in [0.717, 1.165) is 15.8 Å². The first-order valence-corrected chi connectivity index (χ1v) is 10.5. The maximum absolute atomic E-state index is 12.9. The standard InChI is InChI=1S/C22H26N4OS/c1-15-5-8-21-18(11-15)19(14-26(21)4)22(25(2)3)13-24-28(27)17-7-6-16-9-10-23-20(16)12-17/h5-12,14,22-24H,13H2,1-4H3. The number of hydrogen-bond acceptors (Lipinski definition) is 2. The lowest BCUT2D eigenvalue weighted by atomic mass is 10.0. The summed E-state index contributed by atoms with van der Waals surface area (Å²) in [6.07, 6.45) is 4.08. The van der Waals surface area contributed by atoms with Gasteiger partial charge < -0.3 is 14.5 Å². The van der Waals surface area contributed by atoms with E-state index in [0.29, 0.717) is 6.54 Å². The average molecular weight is 395 g/mol. The number of H-pyrrole nitrogens is 1. The molecule has 2 aromatic carbocycles. The minimum Gasteiger partial charge on any atom is -0.361 e. The molecule has 0 aliphatic rings. The highest BCUT2D eigenvalue weighted by Gasteiger charge is 2.20. The van der Waals surface area contributed by atoms with Crippen LogP contribution in [0.4, 0.5) is 0 Å². The molecule has 0 saturated carbocycles. The average Bonchev–Trinajstić information content (AvgIpc) is 3.25. The van der Waals surface area contributed by atoms with Gasteiger partial charge in [-0.05, 0) is 62.3 Å². The van der Waals surface area contributed by atoms with E-state index in [-0.39, 0.29) is 6.04 Å². The van der Waals surface area contributed by atoms with Crippen LogP contribution in [0.5, 0.6) is 0 Å². The van der Waals surface area contributed by atoms with Crippen molar-refractivity contribution in [1.29, 1.82) is 0 Å². The van der Waals surface area contributed by atoms with Gasteiger partial charge in [0.15, 0.2) is 0 Å². The highest BCUT2D eigenvalue weighted by atomic mass is 32.2. The van der Waals surface area contributed by atoms with Crippen molar-refractivity contribution in [1.82, 2.24) is 19.2 Å². The molecule has 0 aliphatic heterocycles. The van der Waals surface area contributed by atoms with Crippen LogP contribution in [-0.4, -0.2) is 39.3 Å². The lowest BCUT2D eigenvalue weighted by Gasteiger charge is -2.24. The number of aromatic nitrogens is 2. The van der Waals surface area contributed by atoms with Crippen LogP contribution >= 0.6 is 0 Å². The lowest BCUT2D eigenvalue weighted by molar-refractivity contribution is 0.302. The van der Waals surface area contributed by atoms with Gasteiger partial charge in [-0.2, -0.15) is 0 Å². The Balaban J connectivity index is 1.59. The van der Waals surface area contributed by atoms with E-state index in [1.54, 1.807) is 0 Å². The predicted octanol–water partition coefficient (Wildman–Crippen LogP) is 3.88. The highest BCUT2D eigenvalue weighted by molar-refractivity contribution is 7.83. The molecule has 2 aromatic heterocycles. The van der Waals surface area contributed by atoms with E-state index >= 15 is 0 Å². The minimum absolute atomic E-state index is 0.115. The zero-order valence-corrected chi connectivity index (χ0v) is 17.5. The molecule has 5 nitrogen and oxygen atoms in total. The zero-order valence-electron chi connectivity index (χ0n) is 16.7. The van der Waals surface area contributed by atoms with Crippen molar-refractivity contribution in [3.8, 4) is 0 Å². The molecular formula is C22H26N4OS. The van der Waals surface area contributed by atoms with Gasteiger partial charge in [0, 0.05) is 48.4 Å². The van der Waals surface area contributed by atoms with Crippen molar-refractivity contribution in [3.05, 3.63) is 66.0 Å². The number of aryl methyl sites for hydroxylation is 2. The molecule has 0 fully saturated rings. The van der Waals surface area contributed by atoms with E-state index in [9.17, 15) is 4.21 Å². The number of aromatic amines is 1. The van der Waals surface area contributed by atoms with Crippen LogP contribution in [0.15, 0.2) is 59.8 Å². The predicted molar refractivity (Wildman–Crippen MR) is 117 cm³/mol. The van der Waals surface area contributed by atoms with Crippen LogP contribution in [0.1, 0.15) is 17.2 Å². The molecule has 28 heavy (non-hydrogen) atoms. The number of fused-ring (bicyclic) bond motifs is 2. The Morgan fingerprint density at radius 2 is 2.00 bits per heavy atom. The summed E-state index contributed by atoms with van der Waals surface area (Å²) in [5, 5.41) is 2.37. The van der Waals surface area contributed by atoms with Crippen molar-refractivity contribution in [3.63, 3.8) is 0 Å². The Bertz CT molecular complexity index is 1160. The van der Waals surface area contributed by atoms with Gasteiger partial charge in [0.1, 0.15) is 11.0 Å². The smallest absolute Gasteiger partial charge is 0.125 e. The van der Waals surface area contributed by atoms with Crippen LogP contribution in [0.3, 0.4) is 0 Å². The van der Waals surface area contributed by atoms with Gasteiger partial charge in [-0.3, -0.25) is 0 Å². The number of likely N-dealkylation sites (N-methyl/N-ethyl adjacent to an activating group) is 1. The second-order valence-electron chi connectivity index (χ2n) is 7.54. The summed E-state index contributed by atoms with van der Waals surface area (Å²) in [5.41, 5.74) is 4.70. The molecule has 0 amide bonds. The number of hydrogen-bond donors (Lipinski definition) is 2. The second kappa shape index (κ2) is 7.54. The number of nitrogens with one attached hydrogen (secondary N) is 2. The Labute approximate surface area is 167 Å². The third-order valence-corrected chi connectivity index (χ3v) is 6.42. The SMILES string of the molecule is Cc1ccc2c(c1)c(C(CNS(=O)c1ccc3cc[nH]c3c1)N(C)C)cn2C. The van der Waals surface area contributed by atoms with E-state index in [1.165, 1.54) is 22.0 Å². The third kappa shape index (κ3) is 3.51. The zero-order chi connectivity index (χ0) is 19.8. The van der Waals surface area contributed by atoms with Crippen LogP contribution < -0.4 is 4.72 Å². The van der Waals surface area contributed by atoms with Gasteiger partial charge >= 0.3 is 0 Å². The van der Waals surface area contributed by atoms with Crippen LogP contribution in [0.25, 0.3) is 21.8 Å². The van der Waals surface area contributed by atoms with E-state index < -0.39 is 11.0 Å². The summed E-state index contributed by atoms with van der Waals surface area (Å²) >= 11 is 0. The molecule has 0 radical (unpaired) electrons. The molecule has 4 rings (SSSR count). The quantitative estimate of drug-likeness (QED) is 0.521. The summed E-state index contributed by atoms with van der Waals surface area (Å²) in [6.45, 7) is 2.71. The Morgan fingerprint density at radius 3 is 2.79 bits per heavy atom. The molecule has 6 heteroatoms. The fourth-order valence-electron chi connectivity index (χ4n) is 3.75. The van der Waals surface area contributed by atoms with Crippen molar-refractivity contribution < 1.29 is 4.21 Å². The van der Waals surface area contributed by atoms with Crippen molar-refractivity contribution in [2.75, 3.05) is 20.6 Å². The van der Waals surface area contributed by atoms with E-state index in [2.05, 4.69) is 71.6 Å². The molecule has 0 aliphatic carbocycles. The molecular weight excluding hydrogens is 368 g/mol. The molecule has 0 bridgehead atoms. The first-order valence-electron chi connectivity index (χ1n) is 9.38. The van der Waals surface area contributed by atoms with Gasteiger partial charge in [-0.25, -0.2) is 8.93 Å². The first kappa shape index (κ1) is 18.9. The van der Waals surface area contributed by atoms with Crippen LogP contribution in [-0.2, 0) is 18.0 Å². The molecule has 4 aromatic rings. The largest absolute Gasteiger partial charge is 0.361 e. The molecule has 2 N–H and O–H groups in total. The topological polar surface area (TPSA) is 53.1 Å². The van der Waals surface area contributed by atoms with Gasteiger partial charge in [-0.15, -0.1) is 0 Å². The monoisotopic (exact) mass is 394 g/mol. The molecule has 0 saturated heterocycles. The number of benzene rings is 2. The van der Waals surface area contributed by atoms with Gasteiger partial charge in [0.2, 0.25) is 0 Å². The maximum atomic E-state index is 12.9. The maximum Gasteiger partial charge on any atom is 0.125 e. The molecule has 146 valence electrons. The Morgan fingerprint density at radius 1 is 1.18 bits per heavy atom. The van der Waals surface area contributed by atoms with Crippen LogP contribution in [0, 0.1) is 6.92 Å².